The first-order valence-electron chi connectivity index (χ1n) is 9.75. The lowest BCUT2D eigenvalue weighted by atomic mass is 10.0. The number of nitrogens with one attached hydrogen (secondary N) is 3. The van der Waals surface area contributed by atoms with Crippen LogP contribution in [0, 0.1) is 0 Å². The van der Waals surface area contributed by atoms with Crippen LogP contribution in [0.5, 0.6) is 0 Å². The predicted molar refractivity (Wildman–Crippen MR) is 110 cm³/mol. The Morgan fingerprint density at radius 1 is 1.07 bits per heavy atom. The number of Topliss-reactive ketones (excluding diaryl/α,β-unsaturated/α-hetero) is 1. The number of ketones is 1. The molecule has 0 radical (unpaired) electrons. The number of pyridine rings is 1. The molecule has 146 valence electrons. The Kier molecular flexibility index (Phi) is 4.27. The minimum atomic E-state index is -0.177. The lowest BCUT2D eigenvalue weighted by Crippen LogP contribution is -2.45. The molecule has 3 heterocycles. The van der Waals surface area contributed by atoms with Crippen molar-refractivity contribution in [3.8, 4) is 11.3 Å². The minimum Gasteiger partial charge on any atom is -0.355 e. The van der Waals surface area contributed by atoms with E-state index in [0.717, 1.165) is 41.2 Å². The number of H-pyrrole nitrogens is 1. The van der Waals surface area contributed by atoms with Gasteiger partial charge in [-0.1, -0.05) is 18.2 Å². The number of anilines is 2. The Labute approximate surface area is 168 Å². The molecule has 0 bridgehead atoms. The second kappa shape index (κ2) is 7.09. The van der Waals surface area contributed by atoms with Gasteiger partial charge in [0.25, 0.3) is 0 Å². The van der Waals surface area contributed by atoms with E-state index in [9.17, 15) is 9.59 Å². The van der Waals surface area contributed by atoms with Gasteiger partial charge in [-0.2, -0.15) is 0 Å². The van der Waals surface area contributed by atoms with Crippen LogP contribution in [-0.2, 0) is 6.54 Å². The van der Waals surface area contributed by atoms with Crippen molar-refractivity contribution in [2.24, 2.45) is 0 Å². The number of nitrogens with zero attached hydrogens (tertiary/aromatic N) is 2. The van der Waals surface area contributed by atoms with E-state index in [2.05, 4.69) is 20.6 Å². The molecule has 1 aliphatic heterocycles. The minimum absolute atomic E-state index is 0.0721. The molecule has 0 atom stereocenters. The standard InChI is InChI=1S/C22H21N5O2/c28-18-13-27(22(29)25-16-6-7-16)12-17-19(18)21(24-15-4-2-1-3-5-15)20(26-17)14-8-10-23-11-9-14/h1-5,8-11,16,24,26H,6-7,12-13H2,(H,25,29). The molecule has 1 fully saturated rings. The summed E-state index contributed by atoms with van der Waals surface area (Å²) in [5, 5.41) is 6.37. The van der Waals surface area contributed by atoms with E-state index < -0.39 is 0 Å². The van der Waals surface area contributed by atoms with Gasteiger partial charge in [-0.05, 0) is 37.1 Å². The average molecular weight is 387 g/mol. The second-order valence-corrected chi connectivity index (χ2v) is 7.46. The highest BCUT2D eigenvalue weighted by Crippen LogP contribution is 2.37. The van der Waals surface area contributed by atoms with Crippen LogP contribution in [0.2, 0.25) is 0 Å². The zero-order valence-electron chi connectivity index (χ0n) is 15.8. The monoisotopic (exact) mass is 387 g/mol. The first kappa shape index (κ1) is 17.5. The summed E-state index contributed by atoms with van der Waals surface area (Å²) in [5.74, 6) is -0.0767. The van der Waals surface area contributed by atoms with Gasteiger partial charge in [0.1, 0.15) is 0 Å². The number of para-hydroxylation sites is 1. The van der Waals surface area contributed by atoms with Crippen molar-refractivity contribution >= 4 is 23.2 Å². The predicted octanol–water partition coefficient (Wildman–Crippen LogP) is 3.69. The van der Waals surface area contributed by atoms with Crippen LogP contribution < -0.4 is 10.6 Å². The maximum atomic E-state index is 13.1. The maximum absolute atomic E-state index is 13.1. The van der Waals surface area contributed by atoms with Gasteiger partial charge in [0.2, 0.25) is 0 Å². The molecule has 7 nitrogen and oxygen atoms in total. The zero-order chi connectivity index (χ0) is 19.8. The molecule has 2 amide bonds. The Morgan fingerprint density at radius 2 is 1.83 bits per heavy atom. The molecule has 3 aromatic rings. The summed E-state index contributed by atoms with van der Waals surface area (Å²) in [6.45, 7) is 0.441. The molecule has 0 spiro atoms. The summed E-state index contributed by atoms with van der Waals surface area (Å²) in [6.07, 6.45) is 5.47. The second-order valence-electron chi connectivity index (χ2n) is 7.46. The highest BCUT2D eigenvalue weighted by molar-refractivity contribution is 6.09. The van der Waals surface area contributed by atoms with Gasteiger partial charge < -0.3 is 20.5 Å². The van der Waals surface area contributed by atoms with E-state index >= 15 is 0 Å². The molecule has 0 unspecified atom stereocenters. The Hall–Kier alpha value is -3.61. The van der Waals surface area contributed by atoms with Gasteiger partial charge in [-0.3, -0.25) is 9.78 Å². The van der Waals surface area contributed by atoms with Crippen molar-refractivity contribution in [3.63, 3.8) is 0 Å². The summed E-state index contributed by atoms with van der Waals surface area (Å²) in [5.41, 5.74) is 4.75. The number of hydrogen-bond acceptors (Lipinski definition) is 4. The number of aromatic nitrogens is 2. The van der Waals surface area contributed by atoms with Gasteiger partial charge in [0, 0.05) is 35.4 Å². The van der Waals surface area contributed by atoms with Crippen LogP contribution >= 0.6 is 0 Å². The number of benzene rings is 1. The number of amides is 2. The molecule has 2 aromatic heterocycles. The number of carbonyl (C=O) groups excluding carboxylic acids is 2. The van der Waals surface area contributed by atoms with Crippen molar-refractivity contribution in [2.45, 2.75) is 25.4 Å². The van der Waals surface area contributed by atoms with E-state index in [4.69, 9.17) is 0 Å². The molecule has 2 aliphatic rings. The zero-order valence-corrected chi connectivity index (χ0v) is 15.8. The smallest absolute Gasteiger partial charge is 0.318 e. The summed E-state index contributed by atoms with van der Waals surface area (Å²) in [4.78, 5) is 34.6. The summed E-state index contributed by atoms with van der Waals surface area (Å²) < 4.78 is 0. The van der Waals surface area contributed by atoms with Crippen molar-refractivity contribution in [3.05, 3.63) is 66.1 Å². The van der Waals surface area contributed by atoms with Crippen LogP contribution in [0.4, 0.5) is 16.2 Å². The molecule has 1 aliphatic carbocycles. The normalized spacial score (nSPS) is 15.7. The van der Waals surface area contributed by atoms with E-state index in [1.165, 1.54) is 0 Å². The van der Waals surface area contributed by atoms with Crippen LogP contribution in [0.15, 0.2) is 54.9 Å². The Morgan fingerprint density at radius 3 is 2.55 bits per heavy atom. The third kappa shape index (κ3) is 3.47. The largest absolute Gasteiger partial charge is 0.355 e. The van der Waals surface area contributed by atoms with E-state index in [1.807, 2.05) is 42.5 Å². The maximum Gasteiger partial charge on any atom is 0.318 e. The summed E-state index contributed by atoms with van der Waals surface area (Å²) in [7, 11) is 0. The van der Waals surface area contributed by atoms with Crippen LogP contribution in [0.1, 0.15) is 28.9 Å². The number of urea groups is 1. The molecular formula is C22H21N5O2. The first-order valence-corrected chi connectivity index (χ1v) is 9.75. The number of fused-ring (bicyclic) bond motifs is 1. The number of aromatic amines is 1. The topological polar surface area (TPSA) is 90.1 Å². The fourth-order valence-electron chi connectivity index (χ4n) is 3.64. The van der Waals surface area contributed by atoms with Crippen LogP contribution in [-0.4, -0.2) is 39.3 Å². The number of carbonyl (C=O) groups is 2. The van der Waals surface area contributed by atoms with Crippen molar-refractivity contribution < 1.29 is 9.59 Å². The fourth-order valence-corrected chi connectivity index (χ4v) is 3.64. The van der Waals surface area contributed by atoms with Gasteiger partial charge in [0.05, 0.1) is 30.0 Å². The molecule has 1 saturated carbocycles. The van der Waals surface area contributed by atoms with Gasteiger partial charge in [-0.15, -0.1) is 0 Å². The third-order valence-corrected chi connectivity index (χ3v) is 5.24. The highest BCUT2D eigenvalue weighted by atomic mass is 16.2. The van der Waals surface area contributed by atoms with E-state index in [-0.39, 0.29) is 24.4 Å². The highest BCUT2D eigenvalue weighted by Gasteiger charge is 2.34. The molecule has 0 saturated heterocycles. The number of rotatable bonds is 4. The Bertz CT molecular complexity index is 1060. The van der Waals surface area contributed by atoms with Gasteiger partial charge in [-0.25, -0.2) is 4.79 Å². The molecule has 29 heavy (non-hydrogen) atoms. The SMILES string of the molecule is O=C1CN(C(=O)NC2CC2)Cc2[nH]c(-c3ccncc3)c(Nc3ccccc3)c21. The van der Waals surface area contributed by atoms with Crippen molar-refractivity contribution in [1.29, 1.82) is 0 Å². The molecule has 3 N–H and O–H groups in total. The number of hydrogen-bond donors (Lipinski definition) is 3. The van der Waals surface area contributed by atoms with Crippen LogP contribution in [0.3, 0.4) is 0 Å². The summed E-state index contributed by atoms with van der Waals surface area (Å²) >= 11 is 0. The quantitative estimate of drug-likeness (QED) is 0.637. The Balaban J connectivity index is 1.54. The lowest BCUT2D eigenvalue weighted by molar-refractivity contribution is 0.0918. The molecule has 1 aromatic carbocycles. The van der Waals surface area contributed by atoms with Crippen molar-refractivity contribution in [2.75, 3.05) is 11.9 Å². The van der Waals surface area contributed by atoms with Crippen molar-refractivity contribution in [1.82, 2.24) is 20.2 Å². The first-order chi connectivity index (χ1) is 14.2. The summed E-state index contributed by atoms with van der Waals surface area (Å²) in [6, 6.07) is 13.6. The van der Waals surface area contributed by atoms with E-state index in [1.54, 1.807) is 17.3 Å². The average Bonchev–Trinajstić information content (AvgIpc) is 3.48. The molecular weight excluding hydrogens is 366 g/mol. The molecule has 7 heteroatoms. The van der Waals surface area contributed by atoms with Gasteiger partial charge >= 0.3 is 6.03 Å². The van der Waals surface area contributed by atoms with Crippen LogP contribution in [0.25, 0.3) is 11.3 Å². The van der Waals surface area contributed by atoms with Gasteiger partial charge in [0.15, 0.2) is 5.78 Å². The molecule has 5 rings (SSSR count). The fraction of sp³-hybridized carbons (Fsp3) is 0.227. The van der Waals surface area contributed by atoms with E-state index in [0.29, 0.717) is 12.1 Å². The third-order valence-electron chi connectivity index (χ3n) is 5.24. The lowest BCUT2D eigenvalue weighted by Gasteiger charge is -2.26.